The van der Waals surface area contributed by atoms with Gasteiger partial charge in [-0.05, 0) is 11.5 Å². The molecule has 0 bridgehead atoms. The zero-order valence-electron chi connectivity index (χ0n) is 12.9. The van der Waals surface area contributed by atoms with E-state index < -0.39 is 0 Å². The lowest BCUT2D eigenvalue weighted by Gasteiger charge is -2.15. The zero-order chi connectivity index (χ0) is 15.5. The van der Waals surface area contributed by atoms with E-state index >= 15 is 0 Å². The smallest absolute Gasteiger partial charge is 0.222 e. The van der Waals surface area contributed by atoms with Gasteiger partial charge in [-0.15, -0.1) is 0 Å². The van der Waals surface area contributed by atoms with Gasteiger partial charge in [-0.3, -0.25) is 4.79 Å². The molecule has 5 heteroatoms. The first-order valence-electron chi connectivity index (χ1n) is 7.27. The normalized spacial score (nSPS) is 13.7. The predicted octanol–water partition coefficient (Wildman–Crippen LogP) is 1.32. The maximum Gasteiger partial charge on any atom is 0.222 e. The van der Waals surface area contributed by atoms with Crippen molar-refractivity contribution in [1.29, 1.82) is 0 Å². The van der Waals surface area contributed by atoms with Gasteiger partial charge in [-0.2, -0.15) is 0 Å². The molecule has 0 aromatic heterocycles. The molecule has 0 spiro atoms. The summed E-state index contributed by atoms with van der Waals surface area (Å²) in [5.74, 6) is 0.221. The average Bonchev–Trinajstić information content (AvgIpc) is 2.51. The van der Waals surface area contributed by atoms with E-state index in [1.54, 1.807) is 7.11 Å². The third-order valence-electron chi connectivity index (χ3n) is 3.17. The minimum atomic E-state index is -0.213. The molecule has 0 heterocycles. The fraction of sp³-hybridized carbons (Fsp3) is 0.562. The standard InChI is InChI=1S/C16H26N2O3/c1-13(10-18-16(19)8-15(9-17)20-2)11-21-12-14-6-4-3-5-7-14/h3-7,13,15H,8-12,17H2,1-2H3,(H,18,19). The van der Waals surface area contributed by atoms with Gasteiger partial charge < -0.3 is 20.5 Å². The summed E-state index contributed by atoms with van der Waals surface area (Å²) < 4.78 is 10.7. The first-order chi connectivity index (χ1) is 10.2. The van der Waals surface area contributed by atoms with Crippen molar-refractivity contribution in [1.82, 2.24) is 5.32 Å². The molecule has 0 radical (unpaired) electrons. The maximum absolute atomic E-state index is 11.7. The summed E-state index contributed by atoms with van der Waals surface area (Å²) in [6.07, 6.45) is 0.0829. The van der Waals surface area contributed by atoms with Crippen molar-refractivity contribution in [2.24, 2.45) is 11.7 Å². The van der Waals surface area contributed by atoms with Crippen LogP contribution in [0.25, 0.3) is 0 Å². The number of carbonyl (C=O) groups excluding carboxylic acids is 1. The number of amides is 1. The average molecular weight is 294 g/mol. The van der Waals surface area contributed by atoms with Crippen molar-refractivity contribution in [2.45, 2.75) is 26.1 Å². The molecule has 1 aromatic rings. The molecule has 0 aliphatic rings. The van der Waals surface area contributed by atoms with Crippen molar-refractivity contribution in [2.75, 3.05) is 26.8 Å². The van der Waals surface area contributed by atoms with Crippen molar-refractivity contribution in [3.05, 3.63) is 35.9 Å². The molecule has 1 aromatic carbocycles. The van der Waals surface area contributed by atoms with E-state index in [1.807, 2.05) is 37.3 Å². The second-order valence-electron chi connectivity index (χ2n) is 5.21. The minimum Gasteiger partial charge on any atom is -0.380 e. The molecule has 0 saturated heterocycles. The molecule has 21 heavy (non-hydrogen) atoms. The number of hydrogen-bond acceptors (Lipinski definition) is 4. The van der Waals surface area contributed by atoms with Crippen molar-refractivity contribution >= 4 is 5.91 Å². The van der Waals surface area contributed by atoms with Crippen LogP contribution in [0.15, 0.2) is 30.3 Å². The fourth-order valence-corrected chi connectivity index (χ4v) is 1.84. The second-order valence-corrected chi connectivity index (χ2v) is 5.21. The lowest BCUT2D eigenvalue weighted by molar-refractivity contribution is -0.123. The van der Waals surface area contributed by atoms with E-state index in [0.717, 1.165) is 5.56 Å². The van der Waals surface area contributed by atoms with Gasteiger partial charge in [0.25, 0.3) is 0 Å². The molecule has 3 N–H and O–H groups in total. The molecular formula is C16H26N2O3. The molecule has 0 aliphatic heterocycles. The number of nitrogens with two attached hydrogens (primary N) is 1. The molecule has 2 atom stereocenters. The highest BCUT2D eigenvalue weighted by atomic mass is 16.5. The lowest BCUT2D eigenvalue weighted by atomic mass is 10.2. The Hall–Kier alpha value is -1.43. The quantitative estimate of drug-likeness (QED) is 0.682. The van der Waals surface area contributed by atoms with E-state index in [-0.39, 0.29) is 17.9 Å². The molecule has 118 valence electrons. The van der Waals surface area contributed by atoms with Gasteiger partial charge >= 0.3 is 0 Å². The fourth-order valence-electron chi connectivity index (χ4n) is 1.84. The minimum absolute atomic E-state index is 0.0396. The first-order valence-corrected chi connectivity index (χ1v) is 7.27. The molecule has 1 amide bonds. The van der Waals surface area contributed by atoms with Gasteiger partial charge in [-0.1, -0.05) is 37.3 Å². The summed E-state index contributed by atoms with van der Waals surface area (Å²) in [6, 6.07) is 10.0. The summed E-state index contributed by atoms with van der Waals surface area (Å²) in [5, 5.41) is 2.88. The van der Waals surface area contributed by atoms with E-state index in [2.05, 4.69) is 5.32 Å². The van der Waals surface area contributed by atoms with Gasteiger partial charge in [0.05, 0.1) is 25.7 Å². The summed E-state index contributed by atoms with van der Waals surface area (Å²) in [5.41, 5.74) is 6.64. The Morgan fingerprint density at radius 1 is 1.33 bits per heavy atom. The Morgan fingerprint density at radius 3 is 2.67 bits per heavy atom. The summed E-state index contributed by atoms with van der Waals surface area (Å²) in [4.78, 5) is 11.7. The van der Waals surface area contributed by atoms with Gasteiger partial charge in [0.1, 0.15) is 0 Å². The summed E-state index contributed by atoms with van der Waals surface area (Å²) >= 11 is 0. The van der Waals surface area contributed by atoms with Crippen LogP contribution >= 0.6 is 0 Å². The van der Waals surface area contributed by atoms with Crippen LogP contribution in [0.1, 0.15) is 18.9 Å². The lowest BCUT2D eigenvalue weighted by Crippen LogP contribution is -2.35. The highest BCUT2D eigenvalue weighted by molar-refractivity contribution is 5.76. The van der Waals surface area contributed by atoms with E-state index in [4.69, 9.17) is 15.2 Å². The number of hydrogen-bond donors (Lipinski definition) is 2. The Morgan fingerprint density at radius 2 is 2.05 bits per heavy atom. The molecule has 0 fully saturated rings. The van der Waals surface area contributed by atoms with Crippen LogP contribution in [0.5, 0.6) is 0 Å². The first kappa shape index (κ1) is 17.6. The van der Waals surface area contributed by atoms with Crippen molar-refractivity contribution in [3.63, 3.8) is 0 Å². The summed E-state index contributed by atoms with van der Waals surface area (Å²) in [6.45, 7) is 4.19. The maximum atomic E-state index is 11.7. The number of benzene rings is 1. The molecule has 0 aliphatic carbocycles. The highest BCUT2D eigenvalue weighted by Crippen LogP contribution is 2.03. The molecule has 0 saturated carbocycles. The molecule has 1 rings (SSSR count). The van der Waals surface area contributed by atoms with Gasteiger partial charge in [0.2, 0.25) is 5.91 Å². The topological polar surface area (TPSA) is 73.6 Å². The van der Waals surface area contributed by atoms with E-state index in [0.29, 0.717) is 32.7 Å². The predicted molar refractivity (Wildman–Crippen MR) is 82.7 cm³/mol. The Balaban J connectivity index is 2.13. The Labute approximate surface area is 126 Å². The number of ether oxygens (including phenoxy) is 2. The van der Waals surface area contributed by atoms with Crippen LogP contribution in [0.4, 0.5) is 0 Å². The third kappa shape index (κ3) is 7.80. The highest BCUT2D eigenvalue weighted by Gasteiger charge is 2.12. The van der Waals surface area contributed by atoms with Crippen LogP contribution in [-0.4, -0.2) is 38.8 Å². The van der Waals surface area contributed by atoms with Gasteiger partial charge in [-0.25, -0.2) is 0 Å². The van der Waals surface area contributed by atoms with Crippen LogP contribution in [0.3, 0.4) is 0 Å². The number of rotatable bonds is 10. The third-order valence-corrected chi connectivity index (χ3v) is 3.17. The van der Waals surface area contributed by atoms with Crippen LogP contribution in [0, 0.1) is 5.92 Å². The monoisotopic (exact) mass is 294 g/mol. The molecular weight excluding hydrogens is 268 g/mol. The van der Waals surface area contributed by atoms with Crippen molar-refractivity contribution < 1.29 is 14.3 Å². The zero-order valence-corrected chi connectivity index (χ0v) is 12.9. The molecule has 5 nitrogen and oxygen atoms in total. The number of nitrogens with one attached hydrogen (secondary N) is 1. The number of carbonyl (C=O) groups is 1. The SMILES string of the molecule is COC(CN)CC(=O)NCC(C)COCc1ccccc1. The van der Waals surface area contributed by atoms with Crippen LogP contribution < -0.4 is 11.1 Å². The van der Waals surface area contributed by atoms with Crippen LogP contribution in [0.2, 0.25) is 0 Å². The summed E-state index contributed by atoms with van der Waals surface area (Å²) in [7, 11) is 1.56. The van der Waals surface area contributed by atoms with Gasteiger partial charge in [0.15, 0.2) is 0 Å². The van der Waals surface area contributed by atoms with Gasteiger partial charge in [0, 0.05) is 20.2 Å². The van der Waals surface area contributed by atoms with Crippen LogP contribution in [-0.2, 0) is 20.9 Å². The molecule has 2 unspecified atom stereocenters. The Kier molecular flexibility index (Phi) is 8.66. The number of methoxy groups -OCH3 is 1. The van der Waals surface area contributed by atoms with E-state index in [9.17, 15) is 4.79 Å². The van der Waals surface area contributed by atoms with Crippen molar-refractivity contribution in [3.8, 4) is 0 Å². The van der Waals surface area contributed by atoms with E-state index in [1.165, 1.54) is 0 Å². The second kappa shape index (κ2) is 10.3. The largest absolute Gasteiger partial charge is 0.380 e. The Bertz CT molecular complexity index is 394.